The van der Waals surface area contributed by atoms with Crippen LogP contribution in [0.2, 0.25) is 0 Å². The Morgan fingerprint density at radius 2 is 1.05 bits per heavy atom. The van der Waals surface area contributed by atoms with E-state index < -0.39 is 0 Å². The normalized spacial score (nSPS) is 14.9. The van der Waals surface area contributed by atoms with E-state index in [-0.39, 0.29) is 0 Å². The van der Waals surface area contributed by atoms with E-state index in [0.29, 0.717) is 0 Å². The lowest BCUT2D eigenvalue weighted by molar-refractivity contribution is 0.402. The summed E-state index contributed by atoms with van der Waals surface area (Å²) in [6.07, 6.45) is 11.3. The molecule has 2 unspecified atom stereocenters. The number of hydrogen-bond acceptors (Lipinski definition) is 1. The van der Waals surface area contributed by atoms with Gasteiger partial charge in [-0.25, -0.2) is 0 Å². The van der Waals surface area contributed by atoms with Gasteiger partial charge in [0, 0.05) is 0 Å². The van der Waals surface area contributed by atoms with Crippen LogP contribution >= 0.6 is 11.8 Å². The van der Waals surface area contributed by atoms with Crippen molar-refractivity contribution in [3.63, 3.8) is 0 Å². The lowest BCUT2D eigenvalue weighted by Gasteiger charge is -2.22. The summed E-state index contributed by atoms with van der Waals surface area (Å²) in [7, 11) is 0. The first-order chi connectivity index (χ1) is 9.99. The first-order valence-corrected chi connectivity index (χ1v) is 10.7. The van der Waals surface area contributed by atoms with Crippen molar-refractivity contribution in [3.8, 4) is 0 Å². The Labute approximate surface area is 140 Å². The van der Waals surface area contributed by atoms with E-state index in [2.05, 4.69) is 53.3 Å². The van der Waals surface area contributed by atoms with Crippen molar-refractivity contribution in [3.05, 3.63) is 0 Å². The molecule has 0 rings (SSSR count). The number of hydrogen-bond donors (Lipinski definition) is 0. The summed E-state index contributed by atoms with van der Waals surface area (Å²) in [4.78, 5) is 0. The molecule has 0 aromatic heterocycles. The quantitative estimate of drug-likeness (QED) is 0.321. The van der Waals surface area contributed by atoms with E-state index in [9.17, 15) is 0 Å². The Kier molecular flexibility index (Phi) is 14.2. The minimum atomic E-state index is 0.860. The Morgan fingerprint density at radius 3 is 1.33 bits per heavy atom. The molecule has 0 radical (unpaired) electrons. The molecule has 0 aromatic rings. The molecule has 0 aromatic carbocycles. The van der Waals surface area contributed by atoms with Crippen LogP contribution in [0.4, 0.5) is 0 Å². The second-order valence-corrected chi connectivity index (χ2v) is 8.89. The Balaban J connectivity index is 4.08. The standard InChI is InChI=1S/C20H42S/c1-7-9-11-19(13-17(3)4)15-21-16-20(12-10-8-2)14-18(5)6/h17-20H,7-16H2,1-6H3. The van der Waals surface area contributed by atoms with Crippen LogP contribution in [0.25, 0.3) is 0 Å². The maximum atomic E-state index is 2.38. The van der Waals surface area contributed by atoms with E-state index in [0.717, 1.165) is 23.7 Å². The minimum Gasteiger partial charge on any atom is -0.161 e. The average molecular weight is 315 g/mol. The van der Waals surface area contributed by atoms with E-state index in [1.165, 1.54) is 62.9 Å². The minimum absolute atomic E-state index is 0.860. The molecule has 0 saturated carbocycles. The topological polar surface area (TPSA) is 0 Å². The molecule has 0 spiro atoms. The van der Waals surface area contributed by atoms with Crippen LogP contribution in [0.3, 0.4) is 0 Å². The van der Waals surface area contributed by atoms with Gasteiger partial charge in [-0.05, 0) is 60.9 Å². The third-order valence-electron chi connectivity index (χ3n) is 4.25. The van der Waals surface area contributed by atoms with Crippen LogP contribution in [0, 0.1) is 23.7 Å². The van der Waals surface area contributed by atoms with E-state index in [1.807, 2.05) is 0 Å². The summed E-state index contributed by atoms with van der Waals surface area (Å²) in [6.45, 7) is 14.2. The molecule has 21 heavy (non-hydrogen) atoms. The fraction of sp³-hybridized carbons (Fsp3) is 1.00. The van der Waals surface area contributed by atoms with Crippen molar-refractivity contribution in [2.24, 2.45) is 23.7 Å². The second kappa shape index (κ2) is 14.0. The summed E-state index contributed by atoms with van der Waals surface area (Å²) in [5.74, 6) is 6.44. The first kappa shape index (κ1) is 21.4. The molecule has 0 aliphatic carbocycles. The van der Waals surface area contributed by atoms with Crippen molar-refractivity contribution in [1.82, 2.24) is 0 Å². The Morgan fingerprint density at radius 1 is 0.667 bits per heavy atom. The van der Waals surface area contributed by atoms with E-state index in [4.69, 9.17) is 0 Å². The lowest BCUT2D eigenvalue weighted by atomic mass is 9.94. The van der Waals surface area contributed by atoms with Crippen LogP contribution in [-0.4, -0.2) is 11.5 Å². The molecule has 0 amide bonds. The maximum absolute atomic E-state index is 2.38. The van der Waals surface area contributed by atoms with Gasteiger partial charge in [-0.15, -0.1) is 0 Å². The van der Waals surface area contributed by atoms with Crippen molar-refractivity contribution >= 4 is 11.8 Å². The average Bonchev–Trinajstić information content (AvgIpc) is 2.40. The molecule has 2 atom stereocenters. The zero-order chi connectivity index (χ0) is 16.1. The van der Waals surface area contributed by atoms with Gasteiger partial charge in [0.15, 0.2) is 0 Å². The van der Waals surface area contributed by atoms with Gasteiger partial charge in [0.2, 0.25) is 0 Å². The molecule has 0 N–H and O–H groups in total. The zero-order valence-corrected chi connectivity index (χ0v) is 16.6. The Hall–Kier alpha value is 0.350. The molecular formula is C20H42S. The smallest absolute Gasteiger partial charge is 0.00389 e. The maximum Gasteiger partial charge on any atom is -0.00389 e. The van der Waals surface area contributed by atoms with Gasteiger partial charge < -0.3 is 0 Å². The van der Waals surface area contributed by atoms with Crippen molar-refractivity contribution in [1.29, 1.82) is 0 Å². The summed E-state index contributed by atoms with van der Waals surface area (Å²) in [5, 5.41) is 0. The highest BCUT2D eigenvalue weighted by atomic mass is 32.2. The molecule has 0 nitrogen and oxygen atoms in total. The fourth-order valence-corrected chi connectivity index (χ4v) is 4.67. The highest BCUT2D eigenvalue weighted by Gasteiger charge is 2.14. The largest absolute Gasteiger partial charge is 0.161 e. The second-order valence-electron chi connectivity index (χ2n) is 7.81. The molecule has 128 valence electrons. The van der Waals surface area contributed by atoms with Gasteiger partial charge in [0.1, 0.15) is 0 Å². The van der Waals surface area contributed by atoms with Gasteiger partial charge in [-0.3, -0.25) is 0 Å². The van der Waals surface area contributed by atoms with Crippen molar-refractivity contribution < 1.29 is 0 Å². The van der Waals surface area contributed by atoms with Gasteiger partial charge in [-0.1, -0.05) is 67.2 Å². The lowest BCUT2D eigenvalue weighted by Crippen LogP contribution is -2.12. The molecule has 1 heteroatoms. The first-order valence-electron chi connectivity index (χ1n) is 9.57. The number of unbranched alkanes of at least 4 members (excludes halogenated alkanes) is 2. The fourth-order valence-electron chi connectivity index (χ4n) is 3.26. The summed E-state index contributed by atoms with van der Waals surface area (Å²) < 4.78 is 0. The summed E-state index contributed by atoms with van der Waals surface area (Å²) >= 11 is 2.25. The Bertz CT molecular complexity index is 188. The van der Waals surface area contributed by atoms with Crippen LogP contribution in [0.5, 0.6) is 0 Å². The van der Waals surface area contributed by atoms with E-state index in [1.54, 1.807) is 0 Å². The number of rotatable bonds is 14. The zero-order valence-electron chi connectivity index (χ0n) is 15.8. The number of thioether (sulfide) groups is 1. The van der Waals surface area contributed by atoms with Crippen molar-refractivity contribution in [2.75, 3.05) is 11.5 Å². The van der Waals surface area contributed by atoms with Gasteiger partial charge >= 0.3 is 0 Å². The molecule has 0 heterocycles. The summed E-state index contributed by atoms with van der Waals surface area (Å²) in [5.41, 5.74) is 0. The SMILES string of the molecule is CCCCC(CSCC(CCCC)CC(C)C)CC(C)C. The van der Waals surface area contributed by atoms with Crippen LogP contribution in [0.15, 0.2) is 0 Å². The van der Waals surface area contributed by atoms with Gasteiger partial charge in [0.05, 0.1) is 0 Å². The molecule has 0 aliphatic rings. The van der Waals surface area contributed by atoms with Gasteiger partial charge in [-0.2, -0.15) is 11.8 Å². The highest BCUT2D eigenvalue weighted by molar-refractivity contribution is 7.99. The molecule has 0 saturated heterocycles. The van der Waals surface area contributed by atoms with Crippen LogP contribution < -0.4 is 0 Å². The summed E-state index contributed by atoms with van der Waals surface area (Å²) in [6, 6.07) is 0. The van der Waals surface area contributed by atoms with Crippen molar-refractivity contribution in [2.45, 2.75) is 92.9 Å². The van der Waals surface area contributed by atoms with Gasteiger partial charge in [0.25, 0.3) is 0 Å². The van der Waals surface area contributed by atoms with Crippen LogP contribution in [0.1, 0.15) is 92.9 Å². The molecule has 0 fully saturated rings. The monoisotopic (exact) mass is 314 g/mol. The highest BCUT2D eigenvalue weighted by Crippen LogP contribution is 2.27. The predicted molar refractivity (Wildman–Crippen MR) is 102 cm³/mol. The molecular weight excluding hydrogens is 272 g/mol. The molecule has 0 bridgehead atoms. The third kappa shape index (κ3) is 13.7. The molecule has 0 aliphatic heterocycles. The van der Waals surface area contributed by atoms with E-state index >= 15 is 0 Å². The van der Waals surface area contributed by atoms with Crippen LogP contribution in [-0.2, 0) is 0 Å². The third-order valence-corrected chi connectivity index (χ3v) is 5.66. The predicted octanol–water partition coefficient (Wildman–Crippen LogP) is 7.42.